The van der Waals surface area contributed by atoms with Gasteiger partial charge in [-0.25, -0.2) is 4.98 Å². The van der Waals surface area contributed by atoms with Crippen molar-refractivity contribution < 1.29 is 14.5 Å². The first-order valence-corrected chi connectivity index (χ1v) is 9.11. The van der Waals surface area contributed by atoms with E-state index < -0.39 is 10.8 Å². The van der Waals surface area contributed by atoms with Gasteiger partial charge in [0.15, 0.2) is 10.9 Å². The molecule has 0 saturated carbocycles. The molecular weight excluding hydrogens is 402 g/mol. The molecule has 0 spiro atoms. The van der Waals surface area contributed by atoms with Crippen LogP contribution in [0, 0.1) is 10.1 Å². The molecule has 1 amide bonds. The summed E-state index contributed by atoms with van der Waals surface area (Å²) in [6.07, 6.45) is 4.19. The summed E-state index contributed by atoms with van der Waals surface area (Å²) >= 11 is 6.58. The van der Waals surface area contributed by atoms with Crippen molar-refractivity contribution in [2.24, 2.45) is 0 Å². The lowest BCUT2D eigenvalue weighted by atomic mass is 10.1. The summed E-state index contributed by atoms with van der Waals surface area (Å²) < 4.78 is 0. The van der Waals surface area contributed by atoms with Gasteiger partial charge in [0.05, 0.1) is 4.92 Å². The molecule has 28 heavy (non-hydrogen) atoms. The minimum Gasteiger partial charge on any atom is -0.298 e. The predicted molar refractivity (Wildman–Crippen MR) is 108 cm³/mol. The van der Waals surface area contributed by atoms with Crippen molar-refractivity contribution in [2.45, 2.75) is 0 Å². The Kier molecular flexibility index (Phi) is 5.93. The molecule has 0 bridgehead atoms. The van der Waals surface area contributed by atoms with E-state index in [1.165, 1.54) is 30.3 Å². The molecule has 0 unspecified atom stereocenters. The zero-order chi connectivity index (χ0) is 20.1. The number of rotatable bonds is 6. The van der Waals surface area contributed by atoms with Crippen molar-refractivity contribution in [3.05, 3.63) is 92.6 Å². The van der Waals surface area contributed by atoms with E-state index >= 15 is 0 Å². The summed E-state index contributed by atoms with van der Waals surface area (Å²) in [7, 11) is 0. The van der Waals surface area contributed by atoms with Crippen LogP contribution in [0.4, 0.5) is 10.1 Å². The third-order valence-electron chi connectivity index (χ3n) is 3.62. The van der Waals surface area contributed by atoms with Gasteiger partial charge in [-0.05, 0) is 47.2 Å². The number of nitrogens with zero attached hydrogens (tertiary/aromatic N) is 2. The number of hydrogen-bond donors (Lipinski definition) is 1. The second-order valence-electron chi connectivity index (χ2n) is 5.54. The Hall–Kier alpha value is -3.36. The van der Waals surface area contributed by atoms with Crippen molar-refractivity contribution in [2.75, 3.05) is 5.32 Å². The summed E-state index contributed by atoms with van der Waals surface area (Å²) in [6, 6.07) is 13.1. The molecule has 0 atom stereocenters. The van der Waals surface area contributed by atoms with E-state index in [4.69, 9.17) is 11.6 Å². The standard InChI is InChI=1S/C19H12ClN3O4S/c20-15-8-1-12(2-9-15)3-10-16(24)13-4-6-14(7-5-13)18(25)22-19-21-11-17(28-19)23(26)27/h1-11H,(H,21,22,25)/b10-3+. The molecular formula is C19H12ClN3O4S. The largest absolute Gasteiger partial charge is 0.345 e. The molecule has 3 rings (SSSR count). The molecule has 1 aromatic heterocycles. The molecule has 0 aliphatic rings. The highest BCUT2D eigenvalue weighted by Crippen LogP contribution is 2.25. The highest BCUT2D eigenvalue weighted by Gasteiger charge is 2.14. The summed E-state index contributed by atoms with van der Waals surface area (Å²) in [5, 5.41) is 13.7. The number of nitro groups is 1. The smallest absolute Gasteiger partial charge is 0.298 e. The van der Waals surface area contributed by atoms with Crippen LogP contribution in [0.2, 0.25) is 5.02 Å². The van der Waals surface area contributed by atoms with Crippen LogP contribution in [0.15, 0.2) is 60.8 Å². The van der Waals surface area contributed by atoms with Gasteiger partial charge in [-0.3, -0.25) is 25.0 Å². The van der Waals surface area contributed by atoms with Crippen LogP contribution in [0.25, 0.3) is 6.08 Å². The predicted octanol–water partition coefficient (Wildman–Crippen LogP) is 4.85. The third-order valence-corrected chi connectivity index (χ3v) is 4.74. The number of anilines is 1. The van der Waals surface area contributed by atoms with Gasteiger partial charge in [-0.1, -0.05) is 41.9 Å². The van der Waals surface area contributed by atoms with Crippen LogP contribution >= 0.6 is 22.9 Å². The minimum atomic E-state index is -0.578. The lowest BCUT2D eigenvalue weighted by molar-refractivity contribution is -0.380. The number of thiazole rings is 1. The number of carbonyl (C=O) groups excluding carboxylic acids is 2. The van der Waals surface area contributed by atoms with E-state index in [0.717, 1.165) is 23.1 Å². The lowest BCUT2D eigenvalue weighted by Crippen LogP contribution is -2.11. The lowest BCUT2D eigenvalue weighted by Gasteiger charge is -2.02. The third kappa shape index (κ3) is 4.87. The van der Waals surface area contributed by atoms with Crippen molar-refractivity contribution in [1.82, 2.24) is 4.98 Å². The summed E-state index contributed by atoms with van der Waals surface area (Å²) in [5.41, 5.74) is 1.56. The van der Waals surface area contributed by atoms with Gasteiger partial charge in [0.25, 0.3) is 5.91 Å². The number of carbonyl (C=O) groups is 2. The SMILES string of the molecule is O=C(/C=C/c1ccc(Cl)cc1)c1ccc(C(=O)Nc2ncc([N+](=O)[O-])s2)cc1. The number of amides is 1. The number of halogens is 1. The van der Waals surface area contributed by atoms with E-state index in [-0.39, 0.29) is 15.9 Å². The molecule has 0 saturated heterocycles. The van der Waals surface area contributed by atoms with Gasteiger partial charge in [0.1, 0.15) is 6.20 Å². The van der Waals surface area contributed by atoms with E-state index in [2.05, 4.69) is 10.3 Å². The molecule has 0 aliphatic heterocycles. The molecule has 2 aromatic carbocycles. The maximum atomic E-state index is 12.2. The molecule has 0 fully saturated rings. The summed E-state index contributed by atoms with van der Waals surface area (Å²) in [5.74, 6) is -0.683. The first-order chi connectivity index (χ1) is 13.4. The number of hydrogen-bond acceptors (Lipinski definition) is 6. The van der Waals surface area contributed by atoms with Gasteiger partial charge in [-0.15, -0.1) is 0 Å². The maximum Gasteiger partial charge on any atom is 0.345 e. The van der Waals surface area contributed by atoms with Crippen molar-refractivity contribution in [3.63, 3.8) is 0 Å². The average molecular weight is 414 g/mol. The normalized spacial score (nSPS) is 10.8. The van der Waals surface area contributed by atoms with E-state index in [1.807, 2.05) is 0 Å². The summed E-state index contributed by atoms with van der Waals surface area (Å²) in [6.45, 7) is 0. The molecule has 1 N–H and O–H groups in total. The maximum absolute atomic E-state index is 12.2. The average Bonchev–Trinajstić information content (AvgIpc) is 3.16. The minimum absolute atomic E-state index is 0.128. The van der Waals surface area contributed by atoms with Crippen LogP contribution in [-0.2, 0) is 0 Å². The van der Waals surface area contributed by atoms with E-state index in [9.17, 15) is 19.7 Å². The Morgan fingerprint density at radius 2 is 1.71 bits per heavy atom. The highest BCUT2D eigenvalue weighted by atomic mass is 35.5. The topological polar surface area (TPSA) is 102 Å². The fourth-order valence-electron chi connectivity index (χ4n) is 2.20. The highest BCUT2D eigenvalue weighted by molar-refractivity contribution is 7.18. The Morgan fingerprint density at radius 1 is 1.07 bits per heavy atom. The molecule has 0 radical (unpaired) electrons. The van der Waals surface area contributed by atoms with Gasteiger partial charge in [0, 0.05) is 16.1 Å². The van der Waals surface area contributed by atoms with Gasteiger partial charge in [-0.2, -0.15) is 0 Å². The fourth-order valence-corrected chi connectivity index (χ4v) is 2.96. The summed E-state index contributed by atoms with van der Waals surface area (Å²) in [4.78, 5) is 38.3. The van der Waals surface area contributed by atoms with E-state index in [1.54, 1.807) is 30.3 Å². The number of allylic oxidation sites excluding steroid dienone is 1. The zero-order valence-electron chi connectivity index (χ0n) is 14.2. The first kappa shape index (κ1) is 19.4. The van der Waals surface area contributed by atoms with Crippen LogP contribution in [0.1, 0.15) is 26.3 Å². The quantitative estimate of drug-likeness (QED) is 0.269. The van der Waals surface area contributed by atoms with Gasteiger partial charge >= 0.3 is 5.00 Å². The van der Waals surface area contributed by atoms with E-state index in [0.29, 0.717) is 16.1 Å². The first-order valence-electron chi connectivity index (χ1n) is 7.92. The Balaban J connectivity index is 1.64. The monoisotopic (exact) mass is 413 g/mol. The molecule has 1 heterocycles. The van der Waals surface area contributed by atoms with Gasteiger partial charge in [0.2, 0.25) is 0 Å². The number of nitrogens with one attached hydrogen (secondary N) is 1. The van der Waals surface area contributed by atoms with Crippen LogP contribution in [-0.4, -0.2) is 21.6 Å². The second-order valence-corrected chi connectivity index (χ2v) is 6.99. The Bertz CT molecular complexity index is 1060. The molecule has 140 valence electrons. The number of aromatic nitrogens is 1. The molecule has 3 aromatic rings. The van der Waals surface area contributed by atoms with Crippen molar-refractivity contribution >= 4 is 50.8 Å². The zero-order valence-corrected chi connectivity index (χ0v) is 15.7. The molecule has 9 heteroatoms. The van der Waals surface area contributed by atoms with Crippen LogP contribution in [0.5, 0.6) is 0 Å². The number of benzene rings is 2. The van der Waals surface area contributed by atoms with Gasteiger partial charge < -0.3 is 0 Å². The van der Waals surface area contributed by atoms with Crippen LogP contribution < -0.4 is 5.32 Å². The van der Waals surface area contributed by atoms with Crippen LogP contribution in [0.3, 0.4) is 0 Å². The molecule has 7 nitrogen and oxygen atoms in total. The fraction of sp³-hybridized carbons (Fsp3) is 0. The number of ketones is 1. The van der Waals surface area contributed by atoms with Crippen molar-refractivity contribution in [3.8, 4) is 0 Å². The second kappa shape index (κ2) is 8.55. The Morgan fingerprint density at radius 3 is 2.32 bits per heavy atom. The Labute approximate surface area is 168 Å². The van der Waals surface area contributed by atoms with Crippen molar-refractivity contribution in [1.29, 1.82) is 0 Å². The molecule has 0 aliphatic carbocycles.